The minimum atomic E-state index is -0.559. The van der Waals surface area contributed by atoms with Gasteiger partial charge in [-0.05, 0) is 26.3 Å². The van der Waals surface area contributed by atoms with Gasteiger partial charge in [0, 0.05) is 18.7 Å². The zero-order valence-corrected chi connectivity index (χ0v) is 11.9. The van der Waals surface area contributed by atoms with E-state index in [0.29, 0.717) is 13.0 Å². The van der Waals surface area contributed by atoms with E-state index in [0.717, 1.165) is 0 Å². The van der Waals surface area contributed by atoms with Gasteiger partial charge in [-0.1, -0.05) is 11.6 Å². The molecule has 7 heteroatoms. The Balaban J connectivity index is 2.25. The van der Waals surface area contributed by atoms with E-state index in [-0.39, 0.29) is 22.4 Å². The number of nitro benzene ring substituents is 1. The lowest BCUT2D eigenvalue weighted by molar-refractivity contribution is -0.384. The lowest BCUT2D eigenvalue weighted by Crippen LogP contribution is -2.50. The van der Waals surface area contributed by atoms with Crippen LogP contribution in [0.5, 0.6) is 0 Å². The number of carbonyl (C=O) groups is 1. The molecule has 1 aliphatic heterocycles. The molecule has 2 atom stereocenters. The maximum Gasteiger partial charge on any atom is 0.270 e. The van der Waals surface area contributed by atoms with E-state index < -0.39 is 16.4 Å². The molecule has 2 rings (SSSR count). The molecule has 1 aromatic rings. The molecule has 0 aliphatic carbocycles. The number of ether oxygens (including phenoxy) is 1. The second kappa shape index (κ2) is 5.38. The summed E-state index contributed by atoms with van der Waals surface area (Å²) >= 11 is 5.95. The lowest BCUT2D eigenvalue weighted by Gasteiger charge is -2.29. The number of nitro groups is 1. The van der Waals surface area contributed by atoms with E-state index >= 15 is 0 Å². The molecule has 0 aromatic heterocycles. The van der Waals surface area contributed by atoms with Crippen molar-refractivity contribution in [3.8, 4) is 0 Å². The molecule has 108 valence electrons. The van der Waals surface area contributed by atoms with Gasteiger partial charge in [-0.2, -0.15) is 0 Å². The van der Waals surface area contributed by atoms with E-state index in [1.165, 1.54) is 18.2 Å². The van der Waals surface area contributed by atoms with Crippen molar-refractivity contribution in [2.24, 2.45) is 0 Å². The molecule has 6 nitrogen and oxygen atoms in total. The predicted molar refractivity (Wildman–Crippen MR) is 74.0 cm³/mol. The first-order valence-corrected chi connectivity index (χ1v) is 6.59. The van der Waals surface area contributed by atoms with Crippen molar-refractivity contribution in [2.45, 2.75) is 31.9 Å². The zero-order chi connectivity index (χ0) is 14.9. The summed E-state index contributed by atoms with van der Waals surface area (Å²) in [5, 5.41) is 13.8. The maximum absolute atomic E-state index is 12.3. The number of carbonyl (C=O) groups excluding carboxylic acids is 1. The van der Waals surface area contributed by atoms with Gasteiger partial charge in [-0.15, -0.1) is 0 Å². The molecule has 1 fully saturated rings. The molecule has 2 unspecified atom stereocenters. The Kier molecular flexibility index (Phi) is 3.96. The van der Waals surface area contributed by atoms with Crippen molar-refractivity contribution in [2.75, 3.05) is 6.61 Å². The summed E-state index contributed by atoms with van der Waals surface area (Å²) < 4.78 is 5.44. The molecule has 1 saturated heterocycles. The van der Waals surface area contributed by atoms with Gasteiger partial charge in [-0.25, -0.2) is 0 Å². The molecule has 0 saturated carbocycles. The van der Waals surface area contributed by atoms with Crippen LogP contribution in [0.1, 0.15) is 30.6 Å². The Hall–Kier alpha value is -1.66. The summed E-state index contributed by atoms with van der Waals surface area (Å²) in [6.45, 7) is 4.33. The Bertz CT molecular complexity index is 563. The molecular weight excluding hydrogens is 284 g/mol. The van der Waals surface area contributed by atoms with Crippen molar-refractivity contribution in [3.63, 3.8) is 0 Å². The van der Waals surface area contributed by atoms with Gasteiger partial charge >= 0.3 is 0 Å². The van der Waals surface area contributed by atoms with Crippen LogP contribution in [0.15, 0.2) is 18.2 Å². The number of nitrogens with one attached hydrogen (secondary N) is 1. The van der Waals surface area contributed by atoms with Gasteiger partial charge in [0.15, 0.2) is 0 Å². The van der Waals surface area contributed by atoms with Gasteiger partial charge in [0.05, 0.1) is 27.2 Å². The van der Waals surface area contributed by atoms with Gasteiger partial charge in [0.1, 0.15) is 0 Å². The molecule has 1 amide bonds. The average molecular weight is 299 g/mol. The van der Waals surface area contributed by atoms with Crippen LogP contribution in [0.4, 0.5) is 5.69 Å². The minimum absolute atomic E-state index is 0.0983. The van der Waals surface area contributed by atoms with Gasteiger partial charge in [0.2, 0.25) is 0 Å². The smallest absolute Gasteiger partial charge is 0.270 e. The third-order valence-electron chi connectivity index (χ3n) is 3.69. The van der Waals surface area contributed by atoms with Crippen LogP contribution in [0.25, 0.3) is 0 Å². The number of nitrogens with zero attached hydrogens (tertiary/aromatic N) is 1. The second-order valence-electron chi connectivity index (χ2n) is 5.06. The van der Waals surface area contributed by atoms with Crippen LogP contribution in [-0.4, -0.2) is 29.1 Å². The number of halogens is 1. The predicted octanol–water partition coefficient (Wildman–Crippen LogP) is 2.55. The minimum Gasteiger partial charge on any atom is -0.376 e. The van der Waals surface area contributed by atoms with E-state index in [1.807, 2.05) is 13.8 Å². The summed E-state index contributed by atoms with van der Waals surface area (Å²) in [6, 6.07) is 3.80. The van der Waals surface area contributed by atoms with Crippen molar-refractivity contribution < 1.29 is 14.5 Å². The number of hydrogen-bond donors (Lipinski definition) is 1. The standard InChI is InChI=1S/C13H15ClN2O4/c1-8-13(2,5-6-20-8)15-12(17)10-7-9(16(18)19)3-4-11(10)14/h3-4,7-8H,5-6H2,1-2H3,(H,15,17). The first-order chi connectivity index (χ1) is 9.33. The molecule has 1 heterocycles. The normalized spacial score (nSPS) is 25.4. The van der Waals surface area contributed by atoms with Crippen LogP contribution >= 0.6 is 11.6 Å². The molecule has 0 radical (unpaired) electrons. The van der Waals surface area contributed by atoms with Crippen molar-refractivity contribution in [3.05, 3.63) is 38.9 Å². The van der Waals surface area contributed by atoms with Crippen LogP contribution < -0.4 is 5.32 Å². The molecule has 1 aromatic carbocycles. The fraction of sp³-hybridized carbons (Fsp3) is 0.462. The highest BCUT2D eigenvalue weighted by atomic mass is 35.5. The number of benzene rings is 1. The monoisotopic (exact) mass is 298 g/mol. The lowest BCUT2D eigenvalue weighted by atomic mass is 9.94. The maximum atomic E-state index is 12.3. The third kappa shape index (κ3) is 2.76. The zero-order valence-electron chi connectivity index (χ0n) is 11.2. The highest BCUT2D eigenvalue weighted by Gasteiger charge is 2.38. The number of amides is 1. The summed E-state index contributed by atoms with van der Waals surface area (Å²) in [4.78, 5) is 22.5. The van der Waals surface area contributed by atoms with Crippen molar-refractivity contribution >= 4 is 23.2 Å². The third-order valence-corrected chi connectivity index (χ3v) is 4.02. The molecule has 0 bridgehead atoms. The van der Waals surface area contributed by atoms with Crippen LogP contribution in [0.2, 0.25) is 5.02 Å². The molecular formula is C13H15ClN2O4. The van der Waals surface area contributed by atoms with E-state index in [2.05, 4.69) is 5.32 Å². The second-order valence-corrected chi connectivity index (χ2v) is 5.46. The van der Waals surface area contributed by atoms with E-state index in [1.54, 1.807) is 0 Å². The van der Waals surface area contributed by atoms with E-state index in [4.69, 9.17) is 16.3 Å². The van der Waals surface area contributed by atoms with Gasteiger partial charge < -0.3 is 10.1 Å². The molecule has 20 heavy (non-hydrogen) atoms. The van der Waals surface area contributed by atoms with Crippen molar-refractivity contribution in [1.82, 2.24) is 5.32 Å². The van der Waals surface area contributed by atoms with Crippen LogP contribution in [0.3, 0.4) is 0 Å². The van der Waals surface area contributed by atoms with E-state index in [9.17, 15) is 14.9 Å². The number of non-ortho nitro benzene ring substituents is 1. The number of rotatable bonds is 3. The highest BCUT2D eigenvalue weighted by molar-refractivity contribution is 6.34. The Morgan fingerprint density at radius 3 is 2.85 bits per heavy atom. The Morgan fingerprint density at radius 2 is 2.30 bits per heavy atom. The quantitative estimate of drug-likeness (QED) is 0.687. The average Bonchev–Trinajstić information content (AvgIpc) is 2.69. The summed E-state index contributed by atoms with van der Waals surface area (Å²) in [7, 11) is 0. The van der Waals surface area contributed by atoms with Gasteiger partial charge in [-0.3, -0.25) is 14.9 Å². The van der Waals surface area contributed by atoms with Crippen molar-refractivity contribution in [1.29, 1.82) is 0 Å². The SMILES string of the molecule is CC1OCCC1(C)NC(=O)c1cc([N+](=O)[O-])ccc1Cl. The summed E-state index contributed by atoms with van der Waals surface area (Å²) in [5.74, 6) is -0.432. The molecule has 0 spiro atoms. The topological polar surface area (TPSA) is 81.5 Å². The first kappa shape index (κ1) is 14.7. The Morgan fingerprint density at radius 1 is 1.60 bits per heavy atom. The molecule has 1 aliphatic rings. The summed E-state index contributed by atoms with van der Waals surface area (Å²) in [6.07, 6.45) is 0.566. The fourth-order valence-corrected chi connectivity index (χ4v) is 2.33. The van der Waals surface area contributed by atoms with Gasteiger partial charge in [0.25, 0.3) is 11.6 Å². The summed E-state index contributed by atoms with van der Waals surface area (Å²) in [5.41, 5.74) is -0.563. The fourth-order valence-electron chi connectivity index (χ4n) is 2.13. The Labute approximate surface area is 121 Å². The first-order valence-electron chi connectivity index (χ1n) is 6.21. The van der Waals surface area contributed by atoms with Crippen LogP contribution in [-0.2, 0) is 4.74 Å². The molecule has 1 N–H and O–H groups in total. The largest absolute Gasteiger partial charge is 0.376 e. The van der Waals surface area contributed by atoms with Crippen LogP contribution in [0, 0.1) is 10.1 Å². The number of hydrogen-bond acceptors (Lipinski definition) is 4. The highest BCUT2D eigenvalue weighted by Crippen LogP contribution is 2.27.